The Bertz CT molecular complexity index is 432. The maximum absolute atomic E-state index is 5.72. The van der Waals surface area contributed by atoms with Crippen LogP contribution in [0.2, 0.25) is 0 Å². The first-order chi connectivity index (χ1) is 8.41. The van der Waals surface area contributed by atoms with Gasteiger partial charge in [0.25, 0.3) is 0 Å². The van der Waals surface area contributed by atoms with Crippen LogP contribution in [0, 0.1) is 13.8 Å². The summed E-state index contributed by atoms with van der Waals surface area (Å²) in [5.41, 5.74) is 8.40. The van der Waals surface area contributed by atoms with Gasteiger partial charge in [0.15, 0.2) is 0 Å². The third-order valence-corrected chi connectivity index (χ3v) is 2.75. The van der Waals surface area contributed by atoms with E-state index in [2.05, 4.69) is 9.88 Å². The number of hydrogen-bond donors (Lipinski definition) is 1. The second kappa shape index (κ2) is 6.66. The third kappa shape index (κ3) is 4.23. The summed E-state index contributed by atoms with van der Waals surface area (Å²) in [5, 5.41) is 0. The van der Waals surface area contributed by atoms with Crippen LogP contribution in [0.1, 0.15) is 23.2 Å². The molecular formula is C13H21N3OS. The Labute approximate surface area is 114 Å². The van der Waals surface area contributed by atoms with Gasteiger partial charge in [-0.3, -0.25) is 0 Å². The highest BCUT2D eigenvalue weighted by Crippen LogP contribution is 2.20. The molecule has 0 aliphatic rings. The zero-order valence-electron chi connectivity index (χ0n) is 11.5. The monoisotopic (exact) mass is 267 g/mol. The van der Waals surface area contributed by atoms with E-state index in [1.54, 1.807) is 0 Å². The molecular weight excluding hydrogens is 246 g/mol. The highest BCUT2D eigenvalue weighted by Gasteiger charge is 2.12. The maximum atomic E-state index is 5.72. The fourth-order valence-corrected chi connectivity index (χ4v) is 2.00. The van der Waals surface area contributed by atoms with Crippen LogP contribution in [0.15, 0.2) is 6.07 Å². The maximum Gasteiger partial charge on any atom is 0.224 e. The zero-order chi connectivity index (χ0) is 13.7. The molecule has 0 bridgehead atoms. The third-order valence-electron chi connectivity index (χ3n) is 2.55. The standard InChI is InChI=1S/C13H21N3OS/c1-9-8-10(2)15-13(11(9)12(14)18)17-7-5-6-16(3)4/h8H,5-7H2,1-4H3,(H2,14,18). The van der Waals surface area contributed by atoms with E-state index in [9.17, 15) is 0 Å². The van der Waals surface area contributed by atoms with Gasteiger partial charge in [0.1, 0.15) is 4.99 Å². The molecule has 0 unspecified atom stereocenters. The Morgan fingerprint density at radius 2 is 2.11 bits per heavy atom. The van der Waals surface area contributed by atoms with E-state index < -0.39 is 0 Å². The fraction of sp³-hybridized carbons (Fsp3) is 0.538. The zero-order valence-corrected chi connectivity index (χ0v) is 12.3. The number of pyridine rings is 1. The van der Waals surface area contributed by atoms with Crippen LogP contribution in [-0.4, -0.2) is 42.1 Å². The minimum Gasteiger partial charge on any atom is -0.477 e. The average molecular weight is 267 g/mol. The number of aromatic nitrogens is 1. The van der Waals surface area contributed by atoms with Crippen LogP contribution < -0.4 is 10.5 Å². The van der Waals surface area contributed by atoms with Crippen LogP contribution in [0.4, 0.5) is 0 Å². The molecule has 0 radical (unpaired) electrons. The molecule has 0 saturated carbocycles. The van der Waals surface area contributed by atoms with E-state index in [0.29, 0.717) is 17.5 Å². The van der Waals surface area contributed by atoms with E-state index in [1.807, 2.05) is 34.0 Å². The van der Waals surface area contributed by atoms with Crippen LogP contribution in [0.3, 0.4) is 0 Å². The summed E-state index contributed by atoms with van der Waals surface area (Å²) in [6.07, 6.45) is 0.943. The van der Waals surface area contributed by atoms with Gasteiger partial charge in [0.05, 0.1) is 12.2 Å². The van der Waals surface area contributed by atoms with Gasteiger partial charge in [-0.2, -0.15) is 0 Å². The lowest BCUT2D eigenvalue weighted by Gasteiger charge is -2.14. The van der Waals surface area contributed by atoms with Gasteiger partial charge < -0.3 is 15.4 Å². The van der Waals surface area contributed by atoms with E-state index in [1.165, 1.54) is 0 Å². The number of nitrogens with zero attached hydrogens (tertiary/aromatic N) is 2. The Balaban J connectivity index is 2.77. The highest BCUT2D eigenvalue weighted by molar-refractivity contribution is 7.80. The van der Waals surface area contributed by atoms with Gasteiger partial charge >= 0.3 is 0 Å². The van der Waals surface area contributed by atoms with Crippen molar-refractivity contribution in [1.82, 2.24) is 9.88 Å². The molecule has 18 heavy (non-hydrogen) atoms. The van der Waals surface area contributed by atoms with Crippen molar-refractivity contribution in [1.29, 1.82) is 0 Å². The smallest absolute Gasteiger partial charge is 0.224 e. The van der Waals surface area contributed by atoms with Crippen LogP contribution in [0.25, 0.3) is 0 Å². The fourth-order valence-electron chi connectivity index (χ4n) is 1.76. The Hall–Kier alpha value is -1.20. The normalized spacial score (nSPS) is 10.7. The van der Waals surface area contributed by atoms with Gasteiger partial charge in [0, 0.05) is 12.2 Å². The molecule has 4 nitrogen and oxygen atoms in total. The molecule has 0 aliphatic heterocycles. The summed E-state index contributed by atoms with van der Waals surface area (Å²) in [6.45, 7) is 5.50. The molecule has 0 aliphatic carbocycles. The van der Waals surface area contributed by atoms with E-state index in [4.69, 9.17) is 22.7 Å². The van der Waals surface area contributed by atoms with E-state index >= 15 is 0 Å². The summed E-state index contributed by atoms with van der Waals surface area (Å²) < 4.78 is 5.71. The van der Waals surface area contributed by atoms with Gasteiger partial charge in [0.2, 0.25) is 5.88 Å². The van der Waals surface area contributed by atoms with Crippen molar-refractivity contribution in [3.63, 3.8) is 0 Å². The van der Waals surface area contributed by atoms with Crippen molar-refractivity contribution < 1.29 is 4.74 Å². The molecule has 1 aromatic rings. The number of aryl methyl sites for hydroxylation is 2. The molecule has 5 heteroatoms. The van der Waals surface area contributed by atoms with Gasteiger partial charge in [-0.25, -0.2) is 4.98 Å². The van der Waals surface area contributed by atoms with E-state index in [0.717, 1.165) is 29.8 Å². The molecule has 0 fully saturated rings. The first-order valence-electron chi connectivity index (χ1n) is 5.97. The number of hydrogen-bond acceptors (Lipinski definition) is 4. The quantitative estimate of drug-likeness (QED) is 0.627. The Morgan fingerprint density at radius 1 is 1.44 bits per heavy atom. The topological polar surface area (TPSA) is 51.4 Å². The second-order valence-electron chi connectivity index (χ2n) is 4.63. The number of thiocarbonyl (C=S) groups is 1. The molecule has 1 heterocycles. The van der Waals surface area contributed by atoms with Crippen LogP contribution in [0.5, 0.6) is 5.88 Å². The molecule has 0 saturated heterocycles. The van der Waals surface area contributed by atoms with Crippen molar-refractivity contribution >= 4 is 17.2 Å². The Kier molecular flexibility index (Phi) is 5.50. The molecule has 1 rings (SSSR count). The predicted octanol–water partition coefficient (Wildman–Crippen LogP) is 1.66. The minimum atomic E-state index is 0.336. The summed E-state index contributed by atoms with van der Waals surface area (Å²) in [7, 11) is 4.07. The molecule has 1 aromatic heterocycles. The number of nitrogens with two attached hydrogens (primary N) is 1. The molecule has 0 amide bonds. The van der Waals surface area contributed by atoms with Crippen LogP contribution >= 0.6 is 12.2 Å². The number of ether oxygens (including phenoxy) is 1. The van der Waals surface area contributed by atoms with Crippen molar-refractivity contribution in [2.24, 2.45) is 5.73 Å². The molecule has 0 spiro atoms. The molecule has 2 N–H and O–H groups in total. The van der Waals surface area contributed by atoms with Crippen LogP contribution in [-0.2, 0) is 0 Å². The summed E-state index contributed by atoms with van der Waals surface area (Å²) in [4.78, 5) is 6.82. The Morgan fingerprint density at radius 3 is 2.67 bits per heavy atom. The molecule has 100 valence electrons. The van der Waals surface area contributed by atoms with Crippen molar-refractivity contribution in [3.8, 4) is 5.88 Å². The van der Waals surface area contributed by atoms with Gasteiger partial charge in [-0.15, -0.1) is 0 Å². The van der Waals surface area contributed by atoms with E-state index in [-0.39, 0.29) is 0 Å². The van der Waals surface area contributed by atoms with Gasteiger partial charge in [-0.05, 0) is 46.0 Å². The summed E-state index contributed by atoms with van der Waals surface area (Å²) in [5.74, 6) is 0.554. The summed E-state index contributed by atoms with van der Waals surface area (Å²) in [6, 6.07) is 1.96. The molecule has 0 atom stereocenters. The highest BCUT2D eigenvalue weighted by atomic mass is 32.1. The predicted molar refractivity (Wildman–Crippen MR) is 78.3 cm³/mol. The lowest BCUT2D eigenvalue weighted by atomic mass is 10.1. The molecule has 0 aromatic carbocycles. The van der Waals surface area contributed by atoms with Crippen molar-refractivity contribution in [3.05, 3.63) is 22.9 Å². The SMILES string of the molecule is Cc1cc(C)c(C(N)=S)c(OCCCN(C)C)n1. The number of rotatable bonds is 6. The largest absolute Gasteiger partial charge is 0.477 e. The van der Waals surface area contributed by atoms with Gasteiger partial charge in [-0.1, -0.05) is 12.2 Å². The first kappa shape index (κ1) is 14.9. The average Bonchev–Trinajstić information content (AvgIpc) is 2.22. The first-order valence-corrected chi connectivity index (χ1v) is 6.38. The second-order valence-corrected chi connectivity index (χ2v) is 5.07. The lowest BCUT2D eigenvalue weighted by Crippen LogP contribution is -2.18. The van der Waals surface area contributed by atoms with Crippen molar-refractivity contribution in [2.75, 3.05) is 27.2 Å². The van der Waals surface area contributed by atoms with Crippen molar-refractivity contribution in [2.45, 2.75) is 20.3 Å². The lowest BCUT2D eigenvalue weighted by molar-refractivity contribution is 0.272. The minimum absolute atomic E-state index is 0.336. The summed E-state index contributed by atoms with van der Waals surface area (Å²) >= 11 is 5.05.